The van der Waals surface area contributed by atoms with Crippen molar-refractivity contribution < 1.29 is 22.0 Å². The molecule has 0 atom stereocenters. The molecule has 0 aliphatic heterocycles. The van der Waals surface area contributed by atoms with E-state index in [2.05, 4.69) is 5.32 Å². The summed E-state index contributed by atoms with van der Waals surface area (Å²) >= 11 is 0. The van der Waals surface area contributed by atoms with Crippen LogP contribution in [0.3, 0.4) is 0 Å². The van der Waals surface area contributed by atoms with Crippen molar-refractivity contribution in [3.8, 4) is 0 Å². The molecule has 0 unspecified atom stereocenters. The van der Waals surface area contributed by atoms with Gasteiger partial charge in [0.1, 0.15) is 0 Å². The van der Waals surface area contributed by atoms with Crippen molar-refractivity contribution in [3.63, 3.8) is 0 Å². The number of benzene rings is 1. The maximum atomic E-state index is 12.5. The van der Waals surface area contributed by atoms with Crippen molar-refractivity contribution in [2.45, 2.75) is 61.6 Å². The molecule has 0 bridgehead atoms. The predicted molar refractivity (Wildman–Crippen MR) is 83.0 cm³/mol. The minimum atomic E-state index is -4.58. The minimum Gasteiger partial charge on any atom is -0.353 e. The van der Waals surface area contributed by atoms with Gasteiger partial charge in [-0.15, -0.1) is 0 Å². The molecule has 0 heterocycles. The number of carbonyl (C=O) groups excluding carboxylic acids is 1. The number of sulfone groups is 1. The topological polar surface area (TPSA) is 63.2 Å². The first-order valence-electron chi connectivity index (χ1n) is 7.80. The molecule has 2 rings (SSSR count). The van der Waals surface area contributed by atoms with Crippen LogP contribution < -0.4 is 5.32 Å². The fourth-order valence-electron chi connectivity index (χ4n) is 2.79. The van der Waals surface area contributed by atoms with Crippen LogP contribution in [-0.2, 0) is 21.1 Å². The molecule has 1 aliphatic rings. The number of alkyl halides is 2. The van der Waals surface area contributed by atoms with Crippen LogP contribution in [-0.4, -0.2) is 26.1 Å². The van der Waals surface area contributed by atoms with Crippen molar-refractivity contribution in [2.75, 3.05) is 0 Å². The zero-order valence-electron chi connectivity index (χ0n) is 12.8. The van der Waals surface area contributed by atoms with Crippen LogP contribution in [0, 0.1) is 0 Å². The Balaban J connectivity index is 1.94. The van der Waals surface area contributed by atoms with Crippen LogP contribution in [0.5, 0.6) is 0 Å². The predicted octanol–water partition coefficient (Wildman–Crippen LogP) is 3.06. The number of rotatable bonds is 5. The second-order valence-corrected chi connectivity index (χ2v) is 7.80. The van der Waals surface area contributed by atoms with Gasteiger partial charge in [0, 0.05) is 6.04 Å². The molecule has 1 aliphatic carbocycles. The van der Waals surface area contributed by atoms with Gasteiger partial charge in [-0.1, -0.05) is 37.8 Å². The van der Waals surface area contributed by atoms with Crippen LogP contribution in [0.25, 0.3) is 0 Å². The van der Waals surface area contributed by atoms with E-state index in [0.717, 1.165) is 37.8 Å². The number of carbonyl (C=O) groups is 1. The van der Waals surface area contributed by atoms with Gasteiger partial charge in [0.25, 0.3) is 0 Å². The van der Waals surface area contributed by atoms with Crippen molar-refractivity contribution in [1.29, 1.82) is 0 Å². The SMILES string of the molecule is O=C(Cc1ccc(S(=O)(=O)C(F)F)cc1)NC1CCCCCC1. The summed E-state index contributed by atoms with van der Waals surface area (Å²) in [7, 11) is -4.58. The van der Waals surface area contributed by atoms with E-state index in [1.807, 2.05) is 0 Å². The lowest BCUT2D eigenvalue weighted by Gasteiger charge is -2.16. The van der Waals surface area contributed by atoms with Gasteiger partial charge in [0.15, 0.2) is 0 Å². The second-order valence-electron chi connectivity index (χ2n) is 5.88. The third kappa shape index (κ3) is 4.99. The van der Waals surface area contributed by atoms with Crippen molar-refractivity contribution in [3.05, 3.63) is 29.8 Å². The highest BCUT2D eigenvalue weighted by molar-refractivity contribution is 7.91. The lowest BCUT2D eigenvalue weighted by Crippen LogP contribution is -2.35. The third-order valence-electron chi connectivity index (χ3n) is 4.07. The van der Waals surface area contributed by atoms with E-state index in [0.29, 0.717) is 5.56 Å². The number of hydrogen-bond acceptors (Lipinski definition) is 3. The second kappa shape index (κ2) is 7.86. The zero-order chi connectivity index (χ0) is 16.9. The molecular formula is C16H21F2NO3S. The Bertz CT molecular complexity index is 621. The lowest BCUT2D eigenvalue weighted by atomic mass is 10.1. The molecule has 1 fully saturated rings. The van der Waals surface area contributed by atoms with Crippen LogP contribution in [0.1, 0.15) is 44.1 Å². The molecule has 4 nitrogen and oxygen atoms in total. The Kier molecular flexibility index (Phi) is 6.10. The summed E-state index contributed by atoms with van der Waals surface area (Å²) in [4.78, 5) is 11.6. The maximum Gasteiger partial charge on any atom is 0.341 e. The molecule has 23 heavy (non-hydrogen) atoms. The van der Waals surface area contributed by atoms with E-state index in [9.17, 15) is 22.0 Å². The lowest BCUT2D eigenvalue weighted by molar-refractivity contribution is -0.121. The minimum absolute atomic E-state index is 0.117. The monoisotopic (exact) mass is 345 g/mol. The molecule has 0 aromatic heterocycles. The van der Waals surface area contributed by atoms with E-state index in [1.165, 1.54) is 25.0 Å². The standard InChI is InChI=1S/C16H21F2NO3S/c17-16(18)23(21,22)14-9-7-12(8-10-14)11-15(20)19-13-5-3-1-2-4-6-13/h7-10,13,16H,1-6,11H2,(H,19,20). The summed E-state index contributed by atoms with van der Waals surface area (Å²) in [5.41, 5.74) is 0.601. The molecule has 1 amide bonds. The fourth-order valence-corrected chi connectivity index (χ4v) is 3.51. The van der Waals surface area contributed by atoms with Gasteiger partial charge in [-0.25, -0.2) is 8.42 Å². The summed E-state index contributed by atoms with van der Waals surface area (Å²) in [5, 5.41) is 2.99. The van der Waals surface area contributed by atoms with Crippen LogP contribution in [0.4, 0.5) is 8.78 Å². The Morgan fingerprint density at radius 1 is 1.09 bits per heavy atom. The molecule has 0 radical (unpaired) electrons. The summed E-state index contributed by atoms with van der Waals surface area (Å²) in [6, 6.07) is 5.25. The molecule has 0 saturated heterocycles. The van der Waals surface area contributed by atoms with E-state index in [4.69, 9.17) is 0 Å². The normalized spacial score (nSPS) is 17.0. The first-order chi connectivity index (χ1) is 10.9. The van der Waals surface area contributed by atoms with E-state index >= 15 is 0 Å². The average Bonchev–Trinajstić information content (AvgIpc) is 2.76. The highest BCUT2D eigenvalue weighted by Gasteiger charge is 2.26. The highest BCUT2D eigenvalue weighted by Crippen LogP contribution is 2.19. The van der Waals surface area contributed by atoms with Crippen molar-refractivity contribution >= 4 is 15.7 Å². The summed E-state index contributed by atoms with van der Waals surface area (Å²) in [6.07, 6.45) is 6.72. The Labute approximate surface area is 135 Å². The van der Waals surface area contributed by atoms with Crippen LogP contribution >= 0.6 is 0 Å². The van der Waals surface area contributed by atoms with Crippen molar-refractivity contribution in [1.82, 2.24) is 5.32 Å². The maximum absolute atomic E-state index is 12.5. The van der Waals surface area contributed by atoms with Crippen LogP contribution in [0.15, 0.2) is 29.2 Å². The number of amides is 1. The average molecular weight is 345 g/mol. The molecule has 7 heteroatoms. The van der Waals surface area contributed by atoms with Crippen molar-refractivity contribution in [2.24, 2.45) is 0 Å². The van der Waals surface area contributed by atoms with E-state index < -0.39 is 20.5 Å². The third-order valence-corrected chi connectivity index (χ3v) is 5.47. The first kappa shape index (κ1) is 17.8. The highest BCUT2D eigenvalue weighted by atomic mass is 32.2. The van der Waals surface area contributed by atoms with Gasteiger partial charge in [0.2, 0.25) is 15.7 Å². The van der Waals surface area contributed by atoms with Gasteiger partial charge in [-0.3, -0.25) is 4.79 Å². The Hall–Kier alpha value is -1.50. The molecule has 1 N–H and O–H groups in total. The Morgan fingerprint density at radius 2 is 1.65 bits per heavy atom. The number of nitrogens with one attached hydrogen (secondary N) is 1. The zero-order valence-corrected chi connectivity index (χ0v) is 13.6. The molecule has 0 spiro atoms. The number of halogens is 2. The van der Waals surface area contributed by atoms with Gasteiger partial charge < -0.3 is 5.32 Å². The van der Waals surface area contributed by atoms with Crippen LogP contribution in [0.2, 0.25) is 0 Å². The quantitative estimate of drug-likeness (QED) is 0.834. The van der Waals surface area contributed by atoms with Gasteiger partial charge >= 0.3 is 5.76 Å². The molecule has 128 valence electrons. The number of hydrogen-bond donors (Lipinski definition) is 1. The van der Waals surface area contributed by atoms with Gasteiger partial charge in [-0.05, 0) is 30.5 Å². The summed E-state index contributed by atoms with van der Waals surface area (Å²) < 4.78 is 47.6. The molecule has 1 aromatic rings. The summed E-state index contributed by atoms with van der Waals surface area (Å²) in [5.74, 6) is -3.56. The van der Waals surface area contributed by atoms with E-state index in [1.54, 1.807) is 0 Å². The molecular weight excluding hydrogens is 324 g/mol. The smallest absolute Gasteiger partial charge is 0.341 e. The fraction of sp³-hybridized carbons (Fsp3) is 0.562. The molecule has 1 aromatic carbocycles. The largest absolute Gasteiger partial charge is 0.353 e. The summed E-state index contributed by atoms with van der Waals surface area (Å²) in [6.45, 7) is 0. The van der Waals surface area contributed by atoms with Gasteiger partial charge in [-0.2, -0.15) is 8.78 Å². The molecule has 1 saturated carbocycles. The Morgan fingerprint density at radius 3 is 2.17 bits per heavy atom. The first-order valence-corrected chi connectivity index (χ1v) is 9.34. The van der Waals surface area contributed by atoms with E-state index in [-0.39, 0.29) is 18.4 Å². The van der Waals surface area contributed by atoms with Gasteiger partial charge in [0.05, 0.1) is 11.3 Å².